The molecule has 0 bridgehead atoms. The Kier molecular flexibility index (Phi) is 6.44. The summed E-state index contributed by atoms with van der Waals surface area (Å²) >= 11 is 0. The molecule has 0 unspecified atom stereocenters. The molecule has 0 spiro atoms. The second kappa shape index (κ2) is 7.84. The van der Waals surface area contributed by atoms with Gasteiger partial charge in [-0.15, -0.1) is 0 Å². The van der Waals surface area contributed by atoms with Gasteiger partial charge in [-0.25, -0.2) is 4.39 Å². The topological polar surface area (TPSA) is 41.1 Å². The second-order valence-corrected chi connectivity index (χ2v) is 4.31. The van der Waals surface area contributed by atoms with Gasteiger partial charge in [0.15, 0.2) is 0 Å². The predicted octanol–water partition coefficient (Wildman–Crippen LogP) is 3.09. The first-order valence-electron chi connectivity index (χ1n) is 6.20. The quantitative estimate of drug-likeness (QED) is 0.599. The van der Waals surface area contributed by atoms with Crippen LogP contribution in [0.3, 0.4) is 0 Å². The number of hydrogen-bond acceptors (Lipinski definition) is 2. The van der Waals surface area contributed by atoms with E-state index in [-0.39, 0.29) is 18.9 Å². The number of benzene rings is 1. The summed E-state index contributed by atoms with van der Waals surface area (Å²) in [4.78, 5) is 11.4. The van der Waals surface area contributed by atoms with E-state index in [1.807, 2.05) is 0 Å². The summed E-state index contributed by atoms with van der Waals surface area (Å²) in [5.41, 5.74) is 0.342. The molecule has 0 fully saturated rings. The van der Waals surface area contributed by atoms with Crippen molar-refractivity contribution in [3.05, 3.63) is 30.1 Å². The van der Waals surface area contributed by atoms with Crippen LogP contribution < -0.4 is 10.6 Å². The van der Waals surface area contributed by atoms with Crippen LogP contribution >= 0.6 is 0 Å². The highest BCUT2D eigenvalue weighted by Gasteiger charge is 2.25. The summed E-state index contributed by atoms with van der Waals surface area (Å²) < 4.78 is 48.4. The zero-order valence-electron chi connectivity index (χ0n) is 10.8. The molecule has 0 aliphatic rings. The highest BCUT2D eigenvalue weighted by atomic mass is 19.4. The van der Waals surface area contributed by atoms with Crippen molar-refractivity contribution in [2.45, 2.75) is 25.4 Å². The molecule has 3 nitrogen and oxygen atoms in total. The highest BCUT2D eigenvalue weighted by molar-refractivity contribution is 5.92. The van der Waals surface area contributed by atoms with E-state index >= 15 is 0 Å². The predicted molar refractivity (Wildman–Crippen MR) is 67.8 cm³/mol. The average Bonchev–Trinajstić information content (AvgIpc) is 2.32. The number of hydrogen-bond donors (Lipinski definition) is 2. The molecule has 20 heavy (non-hydrogen) atoms. The minimum Gasteiger partial charge on any atom is -0.325 e. The van der Waals surface area contributed by atoms with E-state index in [0.717, 1.165) is 0 Å². The molecule has 112 valence electrons. The zero-order valence-corrected chi connectivity index (χ0v) is 10.8. The fraction of sp³-hybridized carbons (Fsp3) is 0.462. The third-order valence-corrected chi connectivity index (χ3v) is 2.46. The number of rotatable bonds is 7. The van der Waals surface area contributed by atoms with Crippen molar-refractivity contribution in [2.75, 3.05) is 18.4 Å². The molecule has 0 atom stereocenters. The number of unbranched alkanes of at least 4 members (excludes halogenated alkanes) is 1. The molecule has 0 radical (unpaired) electrons. The third kappa shape index (κ3) is 7.73. The van der Waals surface area contributed by atoms with Crippen LogP contribution in [0.2, 0.25) is 0 Å². The summed E-state index contributed by atoms with van der Waals surface area (Å²) in [6.45, 7) is 0.301. The smallest absolute Gasteiger partial charge is 0.325 e. The summed E-state index contributed by atoms with van der Waals surface area (Å²) in [7, 11) is 0. The van der Waals surface area contributed by atoms with Crippen LogP contribution in [0.1, 0.15) is 19.3 Å². The van der Waals surface area contributed by atoms with Gasteiger partial charge in [0.1, 0.15) is 5.82 Å². The average molecular weight is 292 g/mol. The lowest BCUT2D eigenvalue weighted by Gasteiger charge is -2.08. The van der Waals surface area contributed by atoms with Crippen LogP contribution in [0.4, 0.5) is 23.2 Å². The molecule has 1 rings (SSSR count). The molecular weight excluding hydrogens is 276 g/mol. The number of nitrogens with one attached hydrogen (secondary N) is 2. The third-order valence-electron chi connectivity index (χ3n) is 2.46. The van der Waals surface area contributed by atoms with Gasteiger partial charge in [-0.2, -0.15) is 13.2 Å². The van der Waals surface area contributed by atoms with Crippen molar-refractivity contribution >= 4 is 11.6 Å². The maximum Gasteiger partial charge on any atom is 0.389 e. The van der Waals surface area contributed by atoms with Crippen LogP contribution in [0.15, 0.2) is 24.3 Å². The fourth-order valence-electron chi connectivity index (χ4n) is 1.55. The van der Waals surface area contributed by atoms with Crippen LogP contribution in [-0.4, -0.2) is 25.2 Å². The van der Waals surface area contributed by atoms with Gasteiger partial charge in [0.2, 0.25) is 5.91 Å². The molecule has 0 aliphatic heterocycles. The molecule has 0 heterocycles. The molecule has 0 aliphatic carbocycles. The van der Waals surface area contributed by atoms with E-state index in [4.69, 9.17) is 0 Å². The summed E-state index contributed by atoms with van der Waals surface area (Å²) in [6.07, 6.45) is -4.58. The Morgan fingerprint density at radius 3 is 2.60 bits per heavy atom. The highest BCUT2D eigenvalue weighted by Crippen LogP contribution is 2.21. The number of alkyl halides is 3. The van der Waals surface area contributed by atoms with Gasteiger partial charge in [-0.05, 0) is 37.6 Å². The molecule has 0 saturated heterocycles. The zero-order chi connectivity index (χ0) is 15.0. The lowest BCUT2D eigenvalue weighted by Crippen LogP contribution is -2.28. The van der Waals surface area contributed by atoms with Gasteiger partial charge in [0.25, 0.3) is 0 Å². The summed E-state index contributed by atoms with van der Waals surface area (Å²) in [5.74, 6) is -0.825. The largest absolute Gasteiger partial charge is 0.389 e. The first-order valence-corrected chi connectivity index (χ1v) is 6.20. The maximum atomic E-state index is 12.8. The molecule has 7 heteroatoms. The van der Waals surface area contributed by atoms with Gasteiger partial charge >= 0.3 is 6.18 Å². The van der Waals surface area contributed by atoms with E-state index < -0.39 is 18.4 Å². The Balaban J connectivity index is 2.12. The minimum atomic E-state index is -4.13. The number of carbonyl (C=O) groups excluding carboxylic acids is 1. The maximum absolute atomic E-state index is 12.8. The number of amides is 1. The number of halogens is 4. The number of carbonyl (C=O) groups is 1. The van der Waals surface area contributed by atoms with Gasteiger partial charge in [-0.3, -0.25) is 4.79 Å². The van der Waals surface area contributed by atoms with Crippen molar-refractivity contribution in [3.8, 4) is 0 Å². The SMILES string of the molecule is O=C(CNCCCCC(F)(F)F)Nc1cccc(F)c1. The van der Waals surface area contributed by atoms with Crippen molar-refractivity contribution in [1.29, 1.82) is 0 Å². The van der Waals surface area contributed by atoms with Crippen molar-refractivity contribution in [2.24, 2.45) is 0 Å². The molecule has 0 saturated carbocycles. The van der Waals surface area contributed by atoms with E-state index in [1.54, 1.807) is 6.07 Å². The Morgan fingerprint density at radius 2 is 1.95 bits per heavy atom. The first-order chi connectivity index (χ1) is 9.37. The van der Waals surface area contributed by atoms with Gasteiger partial charge in [0, 0.05) is 12.1 Å². The van der Waals surface area contributed by atoms with E-state index in [2.05, 4.69) is 10.6 Å². The molecule has 1 amide bonds. The first kappa shape index (κ1) is 16.4. The standard InChI is InChI=1S/C13H16F4N2O/c14-10-4-3-5-11(8-10)19-12(20)9-18-7-2-1-6-13(15,16)17/h3-5,8,18H,1-2,6-7,9H2,(H,19,20). The van der Waals surface area contributed by atoms with E-state index in [0.29, 0.717) is 18.7 Å². The van der Waals surface area contributed by atoms with Gasteiger partial charge < -0.3 is 10.6 Å². The van der Waals surface area contributed by atoms with Gasteiger partial charge in [-0.1, -0.05) is 6.07 Å². The van der Waals surface area contributed by atoms with E-state index in [9.17, 15) is 22.4 Å². The molecule has 1 aromatic carbocycles. The summed E-state index contributed by atoms with van der Waals surface area (Å²) in [6, 6.07) is 5.45. The Bertz CT molecular complexity index is 435. The van der Waals surface area contributed by atoms with Crippen molar-refractivity contribution in [3.63, 3.8) is 0 Å². The normalized spacial score (nSPS) is 11.4. The fourth-order valence-corrected chi connectivity index (χ4v) is 1.55. The monoisotopic (exact) mass is 292 g/mol. The Labute approximate surface area is 114 Å². The van der Waals surface area contributed by atoms with Crippen LogP contribution in [0.25, 0.3) is 0 Å². The van der Waals surface area contributed by atoms with Crippen molar-refractivity contribution in [1.82, 2.24) is 5.32 Å². The molecule has 2 N–H and O–H groups in total. The lowest BCUT2D eigenvalue weighted by atomic mass is 10.2. The van der Waals surface area contributed by atoms with Crippen LogP contribution in [0, 0.1) is 5.82 Å². The molecule has 1 aromatic rings. The van der Waals surface area contributed by atoms with E-state index in [1.165, 1.54) is 18.2 Å². The lowest BCUT2D eigenvalue weighted by molar-refractivity contribution is -0.135. The van der Waals surface area contributed by atoms with Crippen LogP contribution in [0.5, 0.6) is 0 Å². The Morgan fingerprint density at radius 1 is 1.20 bits per heavy atom. The summed E-state index contributed by atoms with van der Waals surface area (Å²) in [5, 5.41) is 5.21. The second-order valence-electron chi connectivity index (χ2n) is 4.31. The molecular formula is C13H16F4N2O. The Hall–Kier alpha value is -1.63. The molecule has 0 aromatic heterocycles. The van der Waals surface area contributed by atoms with Crippen molar-refractivity contribution < 1.29 is 22.4 Å². The van der Waals surface area contributed by atoms with Crippen LogP contribution in [-0.2, 0) is 4.79 Å². The van der Waals surface area contributed by atoms with Gasteiger partial charge in [0.05, 0.1) is 6.54 Å². The minimum absolute atomic E-state index is 0.0253. The number of anilines is 1.